The lowest BCUT2D eigenvalue weighted by molar-refractivity contribution is -0.122. The maximum atomic E-state index is 11.9. The monoisotopic (exact) mass is 250 g/mol. The van der Waals surface area contributed by atoms with Crippen molar-refractivity contribution in [2.24, 2.45) is 0 Å². The van der Waals surface area contributed by atoms with Crippen LogP contribution < -0.4 is 16.0 Å². The Morgan fingerprint density at radius 3 is 2.94 bits per heavy atom. The molecule has 5 heteroatoms. The van der Waals surface area contributed by atoms with E-state index < -0.39 is 0 Å². The van der Waals surface area contributed by atoms with Crippen LogP contribution in [-0.4, -0.2) is 30.5 Å². The Bertz CT molecular complexity index is 394. The van der Waals surface area contributed by atoms with Crippen LogP contribution in [0.2, 0.25) is 0 Å². The van der Waals surface area contributed by atoms with Crippen LogP contribution in [0.5, 0.6) is 0 Å². The molecule has 5 nitrogen and oxygen atoms in total. The lowest BCUT2D eigenvalue weighted by Gasteiger charge is -2.27. The number of nitrogens with one attached hydrogen (secondary N) is 1. The molecule has 0 spiro atoms. The standard InChI is InChI=1S/C13H22N4O/c1-4-5-7-16-13(18)10(2)17(3)12-6-8-15-9-11(12)14/h6,8-10H,4-5,7,14H2,1-3H3,(H,16,18). The Morgan fingerprint density at radius 1 is 1.61 bits per heavy atom. The molecule has 0 aliphatic heterocycles. The first-order valence-electron chi connectivity index (χ1n) is 6.28. The molecule has 3 N–H and O–H groups in total. The number of carbonyl (C=O) groups is 1. The number of pyridine rings is 1. The van der Waals surface area contributed by atoms with Crippen molar-refractivity contribution in [1.82, 2.24) is 10.3 Å². The van der Waals surface area contributed by atoms with E-state index in [-0.39, 0.29) is 11.9 Å². The van der Waals surface area contributed by atoms with Crippen molar-refractivity contribution in [1.29, 1.82) is 0 Å². The van der Waals surface area contributed by atoms with Gasteiger partial charge in [-0.3, -0.25) is 9.78 Å². The molecule has 1 aromatic rings. The van der Waals surface area contributed by atoms with Crippen LogP contribution in [0.15, 0.2) is 18.5 Å². The van der Waals surface area contributed by atoms with Gasteiger partial charge in [-0.15, -0.1) is 0 Å². The number of anilines is 2. The number of rotatable bonds is 6. The summed E-state index contributed by atoms with van der Waals surface area (Å²) in [7, 11) is 1.86. The Hall–Kier alpha value is -1.78. The molecule has 0 saturated heterocycles. The Kier molecular flexibility index (Phi) is 5.42. The molecule has 1 amide bonds. The summed E-state index contributed by atoms with van der Waals surface area (Å²) >= 11 is 0. The van der Waals surface area contributed by atoms with Gasteiger partial charge in [-0.2, -0.15) is 0 Å². The van der Waals surface area contributed by atoms with Crippen molar-refractivity contribution in [2.75, 3.05) is 24.2 Å². The molecule has 1 heterocycles. The van der Waals surface area contributed by atoms with Gasteiger partial charge in [-0.1, -0.05) is 13.3 Å². The molecule has 1 atom stereocenters. The second kappa shape index (κ2) is 6.83. The summed E-state index contributed by atoms with van der Waals surface area (Å²) in [6.07, 6.45) is 5.33. The maximum Gasteiger partial charge on any atom is 0.242 e. The van der Waals surface area contributed by atoms with E-state index in [2.05, 4.69) is 17.2 Å². The van der Waals surface area contributed by atoms with E-state index in [0.717, 1.165) is 25.1 Å². The van der Waals surface area contributed by atoms with Crippen molar-refractivity contribution >= 4 is 17.3 Å². The molecule has 100 valence electrons. The van der Waals surface area contributed by atoms with E-state index in [9.17, 15) is 4.79 Å². The van der Waals surface area contributed by atoms with Gasteiger partial charge >= 0.3 is 0 Å². The molecule has 1 rings (SSSR count). The van der Waals surface area contributed by atoms with Crippen molar-refractivity contribution in [2.45, 2.75) is 32.7 Å². The number of nitrogens with two attached hydrogens (primary N) is 1. The molecule has 1 unspecified atom stereocenters. The van der Waals surface area contributed by atoms with Crippen LogP contribution in [-0.2, 0) is 4.79 Å². The molecule has 0 aliphatic carbocycles. The van der Waals surface area contributed by atoms with Crippen molar-refractivity contribution < 1.29 is 4.79 Å². The van der Waals surface area contributed by atoms with Gasteiger partial charge in [0.15, 0.2) is 0 Å². The van der Waals surface area contributed by atoms with Crippen molar-refractivity contribution in [3.8, 4) is 0 Å². The third-order valence-corrected chi connectivity index (χ3v) is 3.00. The fourth-order valence-corrected chi connectivity index (χ4v) is 1.64. The fourth-order valence-electron chi connectivity index (χ4n) is 1.64. The molecule has 0 radical (unpaired) electrons. The Balaban J connectivity index is 2.63. The third-order valence-electron chi connectivity index (χ3n) is 3.00. The Morgan fingerprint density at radius 2 is 2.33 bits per heavy atom. The summed E-state index contributed by atoms with van der Waals surface area (Å²) in [5.74, 6) is 0.0159. The SMILES string of the molecule is CCCCNC(=O)C(C)N(C)c1ccncc1N. The minimum atomic E-state index is -0.258. The normalized spacial score (nSPS) is 11.9. The van der Waals surface area contributed by atoms with E-state index in [1.54, 1.807) is 12.4 Å². The lowest BCUT2D eigenvalue weighted by Crippen LogP contribution is -2.43. The first-order valence-corrected chi connectivity index (χ1v) is 6.28. The van der Waals surface area contributed by atoms with E-state index in [4.69, 9.17) is 5.73 Å². The zero-order valence-electron chi connectivity index (χ0n) is 11.3. The highest BCUT2D eigenvalue weighted by Crippen LogP contribution is 2.21. The van der Waals surface area contributed by atoms with Crippen LogP contribution in [0.4, 0.5) is 11.4 Å². The van der Waals surface area contributed by atoms with Gasteiger partial charge in [0.05, 0.1) is 17.6 Å². The smallest absolute Gasteiger partial charge is 0.242 e. The van der Waals surface area contributed by atoms with Crippen LogP contribution in [0.25, 0.3) is 0 Å². The average molecular weight is 250 g/mol. The quantitative estimate of drug-likeness (QED) is 0.749. The fraction of sp³-hybridized carbons (Fsp3) is 0.538. The second-order valence-electron chi connectivity index (χ2n) is 4.37. The first kappa shape index (κ1) is 14.3. The molecular formula is C13H22N4O. The summed E-state index contributed by atoms with van der Waals surface area (Å²) in [4.78, 5) is 17.7. The molecule has 0 bridgehead atoms. The van der Waals surface area contributed by atoms with Crippen LogP contribution >= 0.6 is 0 Å². The first-order chi connectivity index (χ1) is 8.57. The summed E-state index contributed by atoms with van der Waals surface area (Å²) < 4.78 is 0. The van der Waals surface area contributed by atoms with Gasteiger partial charge in [-0.05, 0) is 19.4 Å². The number of likely N-dealkylation sites (N-methyl/N-ethyl adjacent to an activating group) is 1. The van der Waals surface area contributed by atoms with E-state index in [1.807, 2.05) is 24.9 Å². The van der Waals surface area contributed by atoms with E-state index in [1.165, 1.54) is 0 Å². The molecule has 0 fully saturated rings. The molecule has 0 aliphatic rings. The minimum Gasteiger partial charge on any atom is -0.396 e. The maximum absolute atomic E-state index is 11.9. The highest BCUT2D eigenvalue weighted by molar-refractivity contribution is 5.85. The molecular weight excluding hydrogens is 228 g/mol. The number of unbranched alkanes of at least 4 members (excludes halogenated alkanes) is 1. The number of carbonyl (C=O) groups excluding carboxylic acids is 1. The van der Waals surface area contributed by atoms with E-state index in [0.29, 0.717) is 5.69 Å². The number of nitrogens with zero attached hydrogens (tertiary/aromatic N) is 2. The van der Waals surface area contributed by atoms with Gasteiger partial charge < -0.3 is 16.0 Å². The largest absolute Gasteiger partial charge is 0.396 e. The zero-order chi connectivity index (χ0) is 13.5. The summed E-state index contributed by atoms with van der Waals surface area (Å²) in [5, 5.41) is 2.92. The summed E-state index contributed by atoms with van der Waals surface area (Å²) in [5.41, 5.74) is 7.24. The summed E-state index contributed by atoms with van der Waals surface area (Å²) in [6, 6.07) is 1.55. The van der Waals surface area contributed by atoms with Gasteiger partial charge in [0.1, 0.15) is 6.04 Å². The topological polar surface area (TPSA) is 71.2 Å². The Labute approximate surface area is 108 Å². The molecule has 0 aromatic carbocycles. The van der Waals surface area contributed by atoms with Gasteiger partial charge in [0.2, 0.25) is 5.91 Å². The predicted octanol–water partition coefficient (Wildman–Crippen LogP) is 1.40. The minimum absolute atomic E-state index is 0.0159. The summed E-state index contributed by atoms with van der Waals surface area (Å²) in [6.45, 7) is 4.68. The molecule has 0 saturated carbocycles. The van der Waals surface area contributed by atoms with Crippen LogP contribution in [0, 0.1) is 0 Å². The lowest BCUT2D eigenvalue weighted by atomic mass is 10.2. The number of aromatic nitrogens is 1. The van der Waals surface area contributed by atoms with Crippen molar-refractivity contribution in [3.63, 3.8) is 0 Å². The molecule has 1 aromatic heterocycles. The van der Waals surface area contributed by atoms with Gasteiger partial charge in [0.25, 0.3) is 0 Å². The van der Waals surface area contributed by atoms with Gasteiger partial charge in [-0.25, -0.2) is 0 Å². The second-order valence-corrected chi connectivity index (χ2v) is 4.37. The van der Waals surface area contributed by atoms with Crippen LogP contribution in [0.3, 0.4) is 0 Å². The molecule has 18 heavy (non-hydrogen) atoms. The number of hydrogen-bond donors (Lipinski definition) is 2. The van der Waals surface area contributed by atoms with Crippen molar-refractivity contribution in [3.05, 3.63) is 18.5 Å². The zero-order valence-corrected chi connectivity index (χ0v) is 11.3. The number of nitrogen functional groups attached to an aromatic ring is 1. The average Bonchev–Trinajstić information content (AvgIpc) is 2.38. The third kappa shape index (κ3) is 3.61. The van der Waals surface area contributed by atoms with E-state index >= 15 is 0 Å². The highest BCUT2D eigenvalue weighted by Gasteiger charge is 2.19. The predicted molar refractivity (Wildman–Crippen MR) is 74.4 cm³/mol. The highest BCUT2D eigenvalue weighted by atomic mass is 16.2. The van der Waals surface area contributed by atoms with Gasteiger partial charge in [0, 0.05) is 19.8 Å². The van der Waals surface area contributed by atoms with Crippen LogP contribution in [0.1, 0.15) is 26.7 Å². The number of hydrogen-bond acceptors (Lipinski definition) is 4. The number of amides is 1.